The van der Waals surface area contributed by atoms with Gasteiger partial charge < -0.3 is 4.74 Å². The van der Waals surface area contributed by atoms with E-state index in [1.54, 1.807) is 7.11 Å². The van der Waals surface area contributed by atoms with Crippen molar-refractivity contribution in [1.29, 1.82) is 0 Å². The number of ether oxygens (including phenoxy) is 1. The minimum Gasteiger partial charge on any atom is -0.496 e. The van der Waals surface area contributed by atoms with E-state index in [2.05, 4.69) is 177 Å². The summed E-state index contributed by atoms with van der Waals surface area (Å²) in [5, 5.41) is 0. The molecule has 0 amide bonds. The lowest BCUT2D eigenvalue weighted by Crippen LogP contribution is -1.93. The summed E-state index contributed by atoms with van der Waals surface area (Å²) in [7, 11) is 1.71. The van der Waals surface area contributed by atoms with Crippen molar-refractivity contribution in [2.75, 3.05) is 7.11 Å². The van der Waals surface area contributed by atoms with Crippen molar-refractivity contribution in [3.8, 4) is 106 Å². The predicted molar refractivity (Wildman–Crippen MR) is 260 cm³/mol. The fourth-order valence-electron chi connectivity index (χ4n) is 8.42. The molecule has 7 aromatic carbocycles. The van der Waals surface area contributed by atoms with Crippen molar-refractivity contribution in [3.05, 3.63) is 230 Å². The van der Waals surface area contributed by atoms with E-state index in [4.69, 9.17) is 19.7 Å². The number of methoxy groups -OCH3 is 1. The van der Waals surface area contributed by atoms with E-state index >= 15 is 0 Å². The first-order chi connectivity index (χ1) is 31.1. The van der Waals surface area contributed by atoms with E-state index < -0.39 is 0 Å². The molecule has 300 valence electrons. The molecule has 0 radical (unpaired) electrons. The maximum absolute atomic E-state index is 5.62. The van der Waals surface area contributed by atoms with Crippen LogP contribution in [0.4, 0.5) is 0 Å². The quantitative estimate of drug-likeness (QED) is 0.138. The Bertz CT molecular complexity index is 3030. The van der Waals surface area contributed by atoms with E-state index in [-0.39, 0.29) is 0 Å². The summed E-state index contributed by atoms with van der Waals surface area (Å²) in [5.74, 6) is 0.850. The number of nitrogens with zero attached hydrogens (tertiary/aromatic N) is 3. The Labute approximate surface area is 368 Å². The number of hydrogen-bond donors (Lipinski definition) is 0. The van der Waals surface area contributed by atoms with E-state index in [9.17, 15) is 0 Å². The Kier molecular flexibility index (Phi) is 10.8. The lowest BCUT2D eigenvalue weighted by Gasteiger charge is -2.18. The molecule has 3 heterocycles. The van der Waals surface area contributed by atoms with Crippen LogP contribution in [0.1, 0.15) is 5.56 Å². The molecule has 0 aliphatic carbocycles. The summed E-state index contributed by atoms with van der Waals surface area (Å²) in [5.41, 5.74) is 20.2. The van der Waals surface area contributed by atoms with Crippen molar-refractivity contribution in [2.24, 2.45) is 0 Å². The summed E-state index contributed by atoms with van der Waals surface area (Å²) in [6.45, 7) is 2.05. The normalized spacial score (nSPS) is 11.0. The van der Waals surface area contributed by atoms with Gasteiger partial charge in [-0.05, 0) is 105 Å². The van der Waals surface area contributed by atoms with Gasteiger partial charge in [0.1, 0.15) is 5.75 Å². The van der Waals surface area contributed by atoms with Gasteiger partial charge in [-0.25, -0.2) is 0 Å². The Morgan fingerprint density at radius 2 is 0.603 bits per heavy atom. The number of aromatic nitrogens is 3. The van der Waals surface area contributed by atoms with Crippen LogP contribution in [-0.2, 0) is 0 Å². The molecule has 0 fully saturated rings. The second-order valence-corrected chi connectivity index (χ2v) is 15.6. The molecule has 0 N–H and O–H groups in total. The van der Waals surface area contributed by atoms with Crippen LogP contribution in [0.3, 0.4) is 0 Å². The molecule has 10 rings (SSSR count). The fraction of sp³-hybridized carbons (Fsp3) is 0.0339. The monoisotopic (exact) mass is 809 g/mol. The zero-order chi connectivity index (χ0) is 42.5. The van der Waals surface area contributed by atoms with Gasteiger partial charge in [-0.3, -0.25) is 15.0 Å². The first-order valence-corrected chi connectivity index (χ1v) is 21.2. The molecular weight excluding hydrogens is 767 g/mol. The Morgan fingerprint density at radius 1 is 0.286 bits per heavy atom. The van der Waals surface area contributed by atoms with Gasteiger partial charge in [0.2, 0.25) is 0 Å². The topological polar surface area (TPSA) is 47.9 Å². The van der Waals surface area contributed by atoms with Crippen molar-refractivity contribution in [1.82, 2.24) is 15.0 Å². The van der Waals surface area contributed by atoms with Crippen LogP contribution in [-0.4, -0.2) is 22.1 Å². The van der Waals surface area contributed by atoms with Crippen LogP contribution in [0.25, 0.3) is 101 Å². The molecule has 4 heteroatoms. The number of pyridine rings is 3. The highest BCUT2D eigenvalue weighted by molar-refractivity contribution is 5.94. The lowest BCUT2D eigenvalue weighted by molar-refractivity contribution is 0.412. The third-order valence-corrected chi connectivity index (χ3v) is 11.7. The molecule has 0 spiro atoms. The first-order valence-electron chi connectivity index (χ1n) is 21.2. The number of aryl methyl sites for hydroxylation is 1. The van der Waals surface area contributed by atoms with Gasteiger partial charge in [0.15, 0.2) is 0 Å². The maximum Gasteiger partial charge on any atom is 0.122 e. The average Bonchev–Trinajstić information content (AvgIpc) is 3.37. The van der Waals surface area contributed by atoms with Gasteiger partial charge in [0, 0.05) is 52.0 Å². The van der Waals surface area contributed by atoms with Crippen LogP contribution in [0.2, 0.25) is 0 Å². The average molecular weight is 810 g/mol. The highest BCUT2D eigenvalue weighted by Gasteiger charge is 2.17. The van der Waals surface area contributed by atoms with Crippen molar-refractivity contribution < 1.29 is 4.74 Å². The molecule has 0 atom stereocenters. The van der Waals surface area contributed by atoms with Crippen molar-refractivity contribution in [2.45, 2.75) is 6.92 Å². The highest BCUT2D eigenvalue weighted by Crippen LogP contribution is 2.42. The second-order valence-electron chi connectivity index (χ2n) is 15.6. The fourth-order valence-corrected chi connectivity index (χ4v) is 8.42. The van der Waals surface area contributed by atoms with E-state index in [1.807, 2.05) is 55.0 Å². The molecule has 0 aliphatic rings. The van der Waals surface area contributed by atoms with E-state index in [1.165, 1.54) is 0 Å². The second kappa shape index (κ2) is 17.4. The molecule has 0 saturated heterocycles. The lowest BCUT2D eigenvalue weighted by atomic mass is 9.86. The van der Waals surface area contributed by atoms with Gasteiger partial charge in [-0.15, -0.1) is 0 Å². The number of rotatable bonds is 10. The molecule has 0 unspecified atom stereocenters. The minimum atomic E-state index is 0.850. The molecule has 4 nitrogen and oxygen atoms in total. The summed E-state index contributed by atoms with van der Waals surface area (Å²) in [6, 6.07) is 72.6. The highest BCUT2D eigenvalue weighted by atomic mass is 16.5. The molecular formula is C59H43N3O. The van der Waals surface area contributed by atoms with Gasteiger partial charge in [-0.2, -0.15) is 0 Å². The van der Waals surface area contributed by atoms with Gasteiger partial charge in [0.25, 0.3) is 0 Å². The molecule has 63 heavy (non-hydrogen) atoms. The largest absolute Gasteiger partial charge is 0.496 e. The first kappa shape index (κ1) is 39.0. The van der Waals surface area contributed by atoms with Gasteiger partial charge >= 0.3 is 0 Å². The Balaban J connectivity index is 1.11. The Hall–Kier alpha value is -8.21. The van der Waals surface area contributed by atoms with Crippen LogP contribution in [0.15, 0.2) is 225 Å². The van der Waals surface area contributed by atoms with Crippen LogP contribution in [0.5, 0.6) is 5.75 Å². The number of hydrogen-bond acceptors (Lipinski definition) is 4. The van der Waals surface area contributed by atoms with E-state index in [0.29, 0.717) is 0 Å². The van der Waals surface area contributed by atoms with Crippen LogP contribution >= 0.6 is 0 Å². The van der Waals surface area contributed by atoms with Gasteiger partial charge in [-0.1, -0.05) is 164 Å². The molecule has 3 aromatic heterocycles. The summed E-state index contributed by atoms with van der Waals surface area (Å²) in [6.07, 6.45) is 5.96. The predicted octanol–water partition coefficient (Wildman–Crippen LogP) is 15.2. The summed E-state index contributed by atoms with van der Waals surface area (Å²) >= 11 is 0. The van der Waals surface area contributed by atoms with E-state index in [0.717, 1.165) is 112 Å². The third-order valence-electron chi connectivity index (χ3n) is 11.7. The molecule has 0 saturated carbocycles. The summed E-state index contributed by atoms with van der Waals surface area (Å²) < 4.78 is 5.62. The Morgan fingerprint density at radius 3 is 0.937 bits per heavy atom. The van der Waals surface area contributed by atoms with Crippen LogP contribution in [0, 0.1) is 6.92 Å². The zero-order valence-electron chi connectivity index (χ0n) is 35.1. The standard InChI is InChI=1S/C59H43N3O/c1-40-25-26-43(36-59(40)63-2)58-32-29-46(39-62-58)52-21-11-14-24-55(52)49-34-47(53-22-12-9-19-50(53)44-27-30-56(60-37-44)41-15-5-3-6-16-41)33-48(35-49)54-23-13-10-20-51(54)45-28-31-57(61-38-45)42-17-7-4-8-18-42/h3-39H,1-2H3. The molecule has 0 bridgehead atoms. The third kappa shape index (κ3) is 8.06. The summed E-state index contributed by atoms with van der Waals surface area (Å²) in [4.78, 5) is 14.8. The smallest absolute Gasteiger partial charge is 0.122 e. The minimum absolute atomic E-state index is 0.850. The van der Waals surface area contributed by atoms with Gasteiger partial charge in [0.05, 0.1) is 24.2 Å². The van der Waals surface area contributed by atoms with Crippen molar-refractivity contribution >= 4 is 0 Å². The number of benzene rings is 7. The molecule has 10 aromatic rings. The zero-order valence-corrected chi connectivity index (χ0v) is 35.1. The maximum atomic E-state index is 5.62. The molecule has 0 aliphatic heterocycles. The SMILES string of the molecule is COc1cc(-c2ccc(-c3ccccc3-c3cc(-c4ccccc4-c4ccc(-c5ccccc5)nc4)cc(-c4ccccc4-c4ccc(-c5ccccc5)nc4)c3)cn2)ccc1C. The van der Waals surface area contributed by atoms with Crippen molar-refractivity contribution in [3.63, 3.8) is 0 Å². The van der Waals surface area contributed by atoms with Crippen LogP contribution < -0.4 is 4.74 Å².